The Kier molecular flexibility index (Phi) is 6.36. The molecule has 1 unspecified atom stereocenters. The van der Waals surface area contributed by atoms with Gasteiger partial charge in [0.05, 0.1) is 7.11 Å². The van der Waals surface area contributed by atoms with E-state index in [0.29, 0.717) is 12.3 Å². The molecule has 1 aliphatic heterocycles. The van der Waals surface area contributed by atoms with E-state index in [1.54, 1.807) is 7.11 Å². The molecule has 0 saturated carbocycles. The van der Waals surface area contributed by atoms with Crippen molar-refractivity contribution in [3.05, 3.63) is 48.4 Å². The van der Waals surface area contributed by atoms with Gasteiger partial charge in [0.1, 0.15) is 17.3 Å². The van der Waals surface area contributed by atoms with Crippen LogP contribution in [0.25, 0.3) is 22.2 Å². The zero-order valence-corrected chi connectivity index (χ0v) is 17.9. The van der Waals surface area contributed by atoms with Crippen molar-refractivity contribution in [2.24, 2.45) is 0 Å². The molecule has 5 nitrogen and oxygen atoms in total. The summed E-state index contributed by atoms with van der Waals surface area (Å²) in [7, 11) is 1.68. The van der Waals surface area contributed by atoms with E-state index in [0.717, 1.165) is 60.2 Å². The van der Waals surface area contributed by atoms with Crippen LogP contribution in [0.4, 0.5) is 0 Å². The lowest BCUT2D eigenvalue weighted by molar-refractivity contribution is -0.132. The van der Waals surface area contributed by atoms with Crippen LogP contribution in [0.3, 0.4) is 0 Å². The van der Waals surface area contributed by atoms with Crippen molar-refractivity contribution in [2.45, 2.75) is 57.9 Å². The summed E-state index contributed by atoms with van der Waals surface area (Å²) < 4.78 is 11.6. The standard InChI is InChI=1S/C25H30N2O3/c1-3-4-5-6-13-24(28)27-16-9-11-21(27)25-26-20-17-18(14-15-23(20)30-25)19-10-7-8-12-22(19)29-2/h7-8,10,12,14-15,17,21H,3-6,9,11,13,16H2,1-2H3. The molecule has 1 saturated heterocycles. The summed E-state index contributed by atoms with van der Waals surface area (Å²) in [6, 6.07) is 13.9. The van der Waals surface area contributed by atoms with Gasteiger partial charge in [-0.15, -0.1) is 0 Å². The molecule has 1 aliphatic rings. The molecule has 30 heavy (non-hydrogen) atoms. The number of ether oxygens (including phenoxy) is 1. The number of hydrogen-bond donors (Lipinski definition) is 0. The third-order valence-corrected chi connectivity index (χ3v) is 5.92. The summed E-state index contributed by atoms with van der Waals surface area (Å²) in [5.74, 6) is 1.71. The van der Waals surface area contributed by atoms with Gasteiger partial charge in [0.25, 0.3) is 0 Å². The number of unbranched alkanes of at least 4 members (excludes halogenated alkanes) is 3. The van der Waals surface area contributed by atoms with Crippen molar-refractivity contribution in [2.75, 3.05) is 13.7 Å². The van der Waals surface area contributed by atoms with Crippen LogP contribution in [0.5, 0.6) is 5.75 Å². The molecule has 1 amide bonds. The lowest BCUT2D eigenvalue weighted by Gasteiger charge is -2.22. The first-order chi connectivity index (χ1) is 14.7. The van der Waals surface area contributed by atoms with Crippen LogP contribution in [-0.4, -0.2) is 29.4 Å². The molecular formula is C25H30N2O3. The van der Waals surface area contributed by atoms with Gasteiger partial charge in [-0.1, -0.05) is 50.5 Å². The summed E-state index contributed by atoms with van der Waals surface area (Å²) in [6.45, 7) is 2.98. The summed E-state index contributed by atoms with van der Waals surface area (Å²) in [5, 5.41) is 0. The van der Waals surface area contributed by atoms with Gasteiger partial charge >= 0.3 is 0 Å². The number of benzene rings is 2. The second-order valence-electron chi connectivity index (χ2n) is 7.99. The lowest BCUT2D eigenvalue weighted by Crippen LogP contribution is -2.30. The average Bonchev–Trinajstić information content (AvgIpc) is 3.42. The number of rotatable bonds is 8. The van der Waals surface area contributed by atoms with Crippen LogP contribution in [-0.2, 0) is 4.79 Å². The molecule has 1 fully saturated rings. The van der Waals surface area contributed by atoms with Gasteiger partial charge in [-0.05, 0) is 43.0 Å². The Hall–Kier alpha value is -2.82. The van der Waals surface area contributed by atoms with Crippen molar-refractivity contribution in [3.8, 4) is 16.9 Å². The topological polar surface area (TPSA) is 55.6 Å². The zero-order valence-electron chi connectivity index (χ0n) is 17.9. The fraction of sp³-hybridized carbons (Fsp3) is 0.440. The number of hydrogen-bond acceptors (Lipinski definition) is 4. The molecule has 0 radical (unpaired) electrons. The highest BCUT2D eigenvalue weighted by atomic mass is 16.5. The first kappa shape index (κ1) is 20.5. The van der Waals surface area contributed by atoms with E-state index >= 15 is 0 Å². The number of carbonyl (C=O) groups is 1. The van der Waals surface area contributed by atoms with Crippen LogP contribution in [0.2, 0.25) is 0 Å². The van der Waals surface area contributed by atoms with Crippen molar-refractivity contribution < 1.29 is 13.9 Å². The molecule has 2 heterocycles. The molecule has 0 spiro atoms. The van der Waals surface area contributed by atoms with Gasteiger partial charge in [0.2, 0.25) is 11.8 Å². The molecule has 4 rings (SSSR count). The Morgan fingerprint density at radius 1 is 1.20 bits per heavy atom. The first-order valence-electron chi connectivity index (χ1n) is 11.0. The first-order valence-corrected chi connectivity index (χ1v) is 11.0. The second kappa shape index (κ2) is 9.33. The number of fused-ring (bicyclic) bond motifs is 1. The molecule has 1 atom stereocenters. The number of oxazole rings is 1. The lowest BCUT2D eigenvalue weighted by atomic mass is 10.0. The molecule has 0 bridgehead atoms. The summed E-state index contributed by atoms with van der Waals surface area (Å²) in [5.41, 5.74) is 3.63. The second-order valence-corrected chi connectivity index (χ2v) is 7.99. The third kappa shape index (κ3) is 4.20. The number of likely N-dealkylation sites (tertiary alicyclic amines) is 1. The van der Waals surface area contributed by atoms with E-state index in [2.05, 4.69) is 6.92 Å². The van der Waals surface area contributed by atoms with E-state index in [1.165, 1.54) is 12.8 Å². The van der Waals surface area contributed by atoms with Crippen molar-refractivity contribution in [1.82, 2.24) is 9.88 Å². The third-order valence-electron chi connectivity index (χ3n) is 5.92. The van der Waals surface area contributed by atoms with Gasteiger partial charge in [0, 0.05) is 18.5 Å². The number of aromatic nitrogens is 1. The Bertz CT molecular complexity index is 1010. The largest absolute Gasteiger partial charge is 0.496 e. The SMILES string of the molecule is CCCCCCC(=O)N1CCCC1c1nc2cc(-c3ccccc3OC)ccc2o1. The van der Waals surface area contributed by atoms with Crippen LogP contribution in [0.15, 0.2) is 46.9 Å². The highest BCUT2D eigenvalue weighted by Gasteiger charge is 2.33. The van der Waals surface area contributed by atoms with Crippen molar-refractivity contribution >= 4 is 17.0 Å². The Morgan fingerprint density at radius 3 is 2.90 bits per heavy atom. The molecule has 3 aromatic rings. The fourth-order valence-electron chi connectivity index (χ4n) is 4.31. The fourth-order valence-corrected chi connectivity index (χ4v) is 4.31. The summed E-state index contributed by atoms with van der Waals surface area (Å²) >= 11 is 0. The van der Waals surface area contributed by atoms with Gasteiger partial charge < -0.3 is 14.1 Å². The maximum absolute atomic E-state index is 12.8. The zero-order chi connectivity index (χ0) is 20.9. The number of methoxy groups -OCH3 is 1. The van der Waals surface area contributed by atoms with Gasteiger partial charge in [-0.25, -0.2) is 4.98 Å². The maximum atomic E-state index is 12.8. The van der Waals surface area contributed by atoms with E-state index in [9.17, 15) is 4.79 Å². The van der Waals surface area contributed by atoms with Crippen molar-refractivity contribution in [3.63, 3.8) is 0 Å². The molecule has 2 aromatic carbocycles. The molecule has 0 N–H and O–H groups in total. The van der Waals surface area contributed by atoms with Crippen LogP contribution < -0.4 is 4.74 Å². The number of carbonyl (C=O) groups excluding carboxylic acids is 1. The number of amides is 1. The van der Waals surface area contributed by atoms with Crippen LogP contribution in [0.1, 0.15) is 63.8 Å². The van der Waals surface area contributed by atoms with Crippen LogP contribution in [0, 0.1) is 0 Å². The molecular weight excluding hydrogens is 376 g/mol. The van der Waals surface area contributed by atoms with E-state index in [4.69, 9.17) is 14.1 Å². The van der Waals surface area contributed by atoms with E-state index in [1.807, 2.05) is 47.4 Å². The highest BCUT2D eigenvalue weighted by molar-refractivity contribution is 5.82. The number of para-hydroxylation sites is 1. The van der Waals surface area contributed by atoms with Gasteiger partial charge in [-0.2, -0.15) is 0 Å². The van der Waals surface area contributed by atoms with Gasteiger partial charge in [0.15, 0.2) is 5.58 Å². The van der Waals surface area contributed by atoms with E-state index < -0.39 is 0 Å². The predicted molar refractivity (Wildman–Crippen MR) is 118 cm³/mol. The smallest absolute Gasteiger partial charge is 0.223 e. The van der Waals surface area contributed by atoms with Crippen LogP contribution >= 0.6 is 0 Å². The van der Waals surface area contributed by atoms with E-state index in [-0.39, 0.29) is 11.9 Å². The monoisotopic (exact) mass is 406 g/mol. The molecule has 5 heteroatoms. The minimum Gasteiger partial charge on any atom is -0.496 e. The minimum atomic E-state index is -0.0502. The predicted octanol–water partition coefficient (Wildman–Crippen LogP) is 6.14. The molecule has 158 valence electrons. The maximum Gasteiger partial charge on any atom is 0.223 e. The Balaban J connectivity index is 1.55. The molecule has 0 aliphatic carbocycles. The Labute approximate surface area is 178 Å². The highest BCUT2D eigenvalue weighted by Crippen LogP contribution is 2.36. The van der Waals surface area contributed by atoms with Gasteiger partial charge in [-0.3, -0.25) is 4.79 Å². The number of nitrogens with zero attached hydrogens (tertiary/aromatic N) is 2. The molecule has 1 aromatic heterocycles. The Morgan fingerprint density at radius 2 is 2.07 bits per heavy atom. The van der Waals surface area contributed by atoms with Crippen molar-refractivity contribution in [1.29, 1.82) is 0 Å². The average molecular weight is 407 g/mol. The summed E-state index contributed by atoms with van der Waals surface area (Å²) in [4.78, 5) is 19.5. The minimum absolute atomic E-state index is 0.0502. The quantitative estimate of drug-likeness (QED) is 0.422. The summed E-state index contributed by atoms with van der Waals surface area (Å²) in [6.07, 6.45) is 6.98. The normalized spacial score (nSPS) is 16.3.